The molecule has 1 aromatic rings. The fourth-order valence-electron chi connectivity index (χ4n) is 2.25. The highest BCUT2D eigenvalue weighted by atomic mass is 32.2. The maximum absolute atomic E-state index is 12.2. The van der Waals surface area contributed by atoms with E-state index in [9.17, 15) is 13.2 Å². The molecule has 2 atom stereocenters. The van der Waals surface area contributed by atoms with Gasteiger partial charge in [-0.1, -0.05) is 20.3 Å². The Bertz CT molecular complexity index is 628. The molecule has 1 aromatic carbocycles. The van der Waals surface area contributed by atoms with Gasteiger partial charge in [0.15, 0.2) is 6.10 Å². The van der Waals surface area contributed by atoms with Crippen LogP contribution in [-0.4, -0.2) is 39.8 Å². The monoisotopic (exact) mass is 356 g/mol. The number of carbonyl (C=O) groups excluding carboxylic acids is 1. The molecule has 0 aliphatic rings. The Labute approximate surface area is 145 Å². The molecule has 1 amide bonds. The van der Waals surface area contributed by atoms with Crippen LogP contribution in [0, 0.1) is 0 Å². The Kier molecular flexibility index (Phi) is 7.54. The lowest BCUT2D eigenvalue weighted by atomic mass is 10.1. The zero-order valence-corrected chi connectivity index (χ0v) is 15.9. The maximum atomic E-state index is 12.2. The third-order valence-corrected chi connectivity index (χ3v) is 4.96. The van der Waals surface area contributed by atoms with Crippen molar-refractivity contribution in [1.29, 1.82) is 0 Å². The van der Waals surface area contributed by atoms with E-state index in [4.69, 9.17) is 4.74 Å². The number of benzene rings is 1. The van der Waals surface area contributed by atoms with Crippen LogP contribution < -0.4 is 14.4 Å². The summed E-state index contributed by atoms with van der Waals surface area (Å²) >= 11 is 0. The van der Waals surface area contributed by atoms with Gasteiger partial charge in [-0.15, -0.1) is 0 Å². The number of carbonyl (C=O) groups is 1. The SMILES string of the molecule is CCC[C@H](C)NC(=O)[C@H](CC)Oc1ccc(N(C)S(C)(=O)=O)cc1. The molecule has 0 fully saturated rings. The van der Waals surface area contributed by atoms with E-state index in [0.717, 1.165) is 19.1 Å². The molecule has 0 aromatic heterocycles. The second kappa shape index (κ2) is 8.92. The quantitative estimate of drug-likeness (QED) is 0.738. The minimum absolute atomic E-state index is 0.117. The molecule has 7 heteroatoms. The summed E-state index contributed by atoms with van der Waals surface area (Å²) in [7, 11) is -1.81. The molecular formula is C17H28N2O4S. The Morgan fingerprint density at radius 3 is 2.29 bits per heavy atom. The minimum atomic E-state index is -3.30. The number of hydrogen-bond donors (Lipinski definition) is 1. The summed E-state index contributed by atoms with van der Waals surface area (Å²) in [6.45, 7) is 5.94. The molecule has 0 spiro atoms. The predicted molar refractivity (Wildman–Crippen MR) is 96.9 cm³/mol. The molecule has 1 rings (SSSR count). The average molecular weight is 356 g/mol. The van der Waals surface area contributed by atoms with Crippen molar-refractivity contribution in [3.05, 3.63) is 24.3 Å². The van der Waals surface area contributed by atoms with Crippen molar-refractivity contribution in [3.63, 3.8) is 0 Å². The van der Waals surface area contributed by atoms with Crippen molar-refractivity contribution < 1.29 is 17.9 Å². The molecule has 6 nitrogen and oxygen atoms in total. The van der Waals surface area contributed by atoms with Crippen molar-refractivity contribution in [2.45, 2.75) is 52.2 Å². The zero-order valence-electron chi connectivity index (χ0n) is 15.1. The largest absolute Gasteiger partial charge is 0.481 e. The molecule has 0 aliphatic heterocycles. The highest BCUT2D eigenvalue weighted by Gasteiger charge is 2.20. The van der Waals surface area contributed by atoms with Gasteiger partial charge in [0.05, 0.1) is 11.9 Å². The van der Waals surface area contributed by atoms with E-state index in [-0.39, 0.29) is 11.9 Å². The number of amides is 1. The van der Waals surface area contributed by atoms with Gasteiger partial charge in [0.2, 0.25) is 10.0 Å². The lowest BCUT2D eigenvalue weighted by Gasteiger charge is -2.21. The molecule has 0 saturated carbocycles. The third kappa shape index (κ3) is 6.03. The molecule has 24 heavy (non-hydrogen) atoms. The number of anilines is 1. The lowest BCUT2D eigenvalue weighted by molar-refractivity contribution is -0.128. The summed E-state index contributed by atoms with van der Waals surface area (Å²) in [6, 6.07) is 6.76. The van der Waals surface area contributed by atoms with Crippen molar-refractivity contribution in [2.24, 2.45) is 0 Å². The first kappa shape index (κ1) is 20.3. The van der Waals surface area contributed by atoms with Crippen molar-refractivity contribution in [3.8, 4) is 5.75 Å². The first-order valence-electron chi connectivity index (χ1n) is 8.20. The first-order valence-corrected chi connectivity index (χ1v) is 10.0. The Hall–Kier alpha value is -1.76. The molecule has 0 saturated heterocycles. The fourth-order valence-corrected chi connectivity index (χ4v) is 2.76. The fraction of sp³-hybridized carbons (Fsp3) is 0.588. The number of hydrogen-bond acceptors (Lipinski definition) is 4. The number of nitrogens with zero attached hydrogens (tertiary/aromatic N) is 1. The van der Waals surface area contributed by atoms with Gasteiger partial charge in [-0.3, -0.25) is 9.10 Å². The van der Waals surface area contributed by atoms with Gasteiger partial charge in [-0.05, 0) is 44.0 Å². The summed E-state index contributed by atoms with van der Waals surface area (Å²) in [5, 5.41) is 2.95. The molecular weight excluding hydrogens is 328 g/mol. The summed E-state index contributed by atoms with van der Waals surface area (Å²) in [5.41, 5.74) is 0.541. The predicted octanol–water partition coefficient (Wildman–Crippen LogP) is 2.54. The Balaban J connectivity index is 2.74. The molecule has 0 heterocycles. The average Bonchev–Trinajstić information content (AvgIpc) is 2.51. The van der Waals surface area contributed by atoms with Crippen LogP contribution in [0.3, 0.4) is 0 Å². The number of sulfonamides is 1. The Morgan fingerprint density at radius 1 is 1.25 bits per heavy atom. The van der Waals surface area contributed by atoms with E-state index in [0.29, 0.717) is 17.9 Å². The van der Waals surface area contributed by atoms with E-state index in [2.05, 4.69) is 12.2 Å². The van der Waals surface area contributed by atoms with Gasteiger partial charge in [0, 0.05) is 13.1 Å². The van der Waals surface area contributed by atoms with Crippen LogP contribution in [-0.2, 0) is 14.8 Å². The van der Waals surface area contributed by atoms with Crippen LogP contribution in [0.1, 0.15) is 40.0 Å². The van der Waals surface area contributed by atoms with Crippen molar-refractivity contribution in [2.75, 3.05) is 17.6 Å². The van der Waals surface area contributed by atoms with Gasteiger partial charge < -0.3 is 10.1 Å². The molecule has 1 N–H and O–H groups in total. The van der Waals surface area contributed by atoms with Gasteiger partial charge in [0.1, 0.15) is 5.75 Å². The van der Waals surface area contributed by atoms with E-state index in [1.165, 1.54) is 11.4 Å². The smallest absolute Gasteiger partial charge is 0.261 e. The van der Waals surface area contributed by atoms with Gasteiger partial charge in [0.25, 0.3) is 5.91 Å². The number of ether oxygens (including phenoxy) is 1. The zero-order chi connectivity index (χ0) is 18.3. The lowest BCUT2D eigenvalue weighted by Crippen LogP contribution is -2.42. The summed E-state index contributed by atoms with van der Waals surface area (Å²) in [4.78, 5) is 12.2. The topological polar surface area (TPSA) is 75.7 Å². The van der Waals surface area contributed by atoms with E-state index in [1.54, 1.807) is 24.3 Å². The minimum Gasteiger partial charge on any atom is -0.481 e. The summed E-state index contributed by atoms with van der Waals surface area (Å²) in [5.74, 6) is 0.404. The van der Waals surface area contributed by atoms with Crippen LogP contribution in [0.2, 0.25) is 0 Å². The van der Waals surface area contributed by atoms with Crippen LogP contribution in [0.4, 0.5) is 5.69 Å². The van der Waals surface area contributed by atoms with Crippen molar-refractivity contribution >= 4 is 21.6 Å². The van der Waals surface area contributed by atoms with Gasteiger partial charge in [-0.2, -0.15) is 0 Å². The van der Waals surface area contributed by atoms with E-state index >= 15 is 0 Å². The summed E-state index contributed by atoms with van der Waals surface area (Å²) < 4.78 is 30.0. The highest BCUT2D eigenvalue weighted by molar-refractivity contribution is 7.92. The van der Waals surface area contributed by atoms with Crippen LogP contribution in [0.15, 0.2) is 24.3 Å². The van der Waals surface area contributed by atoms with Crippen LogP contribution >= 0.6 is 0 Å². The van der Waals surface area contributed by atoms with E-state index < -0.39 is 16.1 Å². The summed E-state index contributed by atoms with van der Waals surface area (Å²) in [6.07, 6.45) is 3.06. The van der Waals surface area contributed by atoms with Crippen LogP contribution in [0.5, 0.6) is 5.75 Å². The molecule has 0 unspecified atom stereocenters. The normalized spacial score (nSPS) is 13.9. The Morgan fingerprint density at radius 2 is 1.83 bits per heavy atom. The van der Waals surface area contributed by atoms with Gasteiger partial charge in [-0.25, -0.2) is 8.42 Å². The highest BCUT2D eigenvalue weighted by Crippen LogP contribution is 2.21. The number of nitrogens with one attached hydrogen (secondary N) is 1. The molecule has 0 bridgehead atoms. The second-order valence-corrected chi connectivity index (χ2v) is 7.95. The van der Waals surface area contributed by atoms with Crippen LogP contribution in [0.25, 0.3) is 0 Å². The molecule has 136 valence electrons. The third-order valence-electron chi connectivity index (χ3n) is 3.75. The standard InChI is InChI=1S/C17H28N2O4S/c1-6-8-13(3)18-17(20)16(7-2)23-15-11-9-14(10-12-15)19(4)24(5,21)22/h9-13,16H,6-8H2,1-5H3,(H,18,20)/t13-,16-/m0/s1. The maximum Gasteiger partial charge on any atom is 0.261 e. The molecule has 0 radical (unpaired) electrons. The number of rotatable bonds is 9. The second-order valence-electron chi connectivity index (χ2n) is 5.94. The first-order chi connectivity index (χ1) is 11.2. The molecule has 0 aliphatic carbocycles. The van der Waals surface area contributed by atoms with Crippen molar-refractivity contribution in [1.82, 2.24) is 5.32 Å². The van der Waals surface area contributed by atoms with E-state index in [1.807, 2.05) is 13.8 Å². The van der Waals surface area contributed by atoms with Gasteiger partial charge >= 0.3 is 0 Å².